The lowest BCUT2D eigenvalue weighted by Gasteiger charge is -2.04. The van der Waals surface area contributed by atoms with Gasteiger partial charge in [-0.2, -0.15) is 0 Å². The molecule has 0 fully saturated rings. The number of nitrogens with zero attached hydrogens (tertiary/aromatic N) is 1. The highest BCUT2D eigenvalue weighted by Gasteiger charge is 2.15. The van der Waals surface area contributed by atoms with E-state index in [1.54, 1.807) is 25.1 Å². The Bertz CT molecular complexity index is 1020. The molecule has 0 bridgehead atoms. The van der Waals surface area contributed by atoms with E-state index in [4.69, 9.17) is 9.15 Å². The standard InChI is InChI=1S/C20H20N2O5S/c1-11(23)18-6-13(10-28-18)7-19(25)21-9-15-12(2)27-20(22-15)14-4-5-16(24)17(8-14)26-3/h4-6,8,10,24H,7,9H2,1-3H3,(H,21,25). The Balaban J connectivity index is 1.65. The first-order valence-corrected chi connectivity index (χ1v) is 9.44. The van der Waals surface area contributed by atoms with Gasteiger partial charge in [0, 0.05) is 5.56 Å². The fraction of sp³-hybridized carbons (Fsp3) is 0.250. The Labute approximate surface area is 166 Å². The van der Waals surface area contributed by atoms with E-state index in [-0.39, 0.29) is 30.4 Å². The summed E-state index contributed by atoms with van der Waals surface area (Å²) in [6.45, 7) is 3.50. The summed E-state index contributed by atoms with van der Waals surface area (Å²) in [5, 5.41) is 14.3. The highest BCUT2D eigenvalue weighted by Crippen LogP contribution is 2.31. The number of carbonyl (C=O) groups excluding carboxylic acids is 2. The van der Waals surface area contributed by atoms with Gasteiger partial charge >= 0.3 is 0 Å². The van der Waals surface area contributed by atoms with Gasteiger partial charge < -0.3 is 19.6 Å². The smallest absolute Gasteiger partial charge is 0.226 e. The molecule has 0 radical (unpaired) electrons. The van der Waals surface area contributed by atoms with Crippen LogP contribution in [0.15, 0.2) is 34.1 Å². The number of methoxy groups -OCH3 is 1. The Morgan fingerprint density at radius 2 is 2.11 bits per heavy atom. The zero-order valence-corrected chi connectivity index (χ0v) is 16.6. The van der Waals surface area contributed by atoms with E-state index in [1.165, 1.54) is 31.4 Å². The van der Waals surface area contributed by atoms with Crippen LogP contribution in [0.3, 0.4) is 0 Å². The van der Waals surface area contributed by atoms with Crippen molar-refractivity contribution in [1.29, 1.82) is 0 Å². The largest absolute Gasteiger partial charge is 0.504 e. The van der Waals surface area contributed by atoms with Crippen molar-refractivity contribution in [3.8, 4) is 23.0 Å². The number of hydrogen-bond donors (Lipinski definition) is 2. The predicted octanol–water partition coefficient (Wildman–Crippen LogP) is 3.49. The van der Waals surface area contributed by atoms with Gasteiger partial charge in [0.2, 0.25) is 11.8 Å². The molecule has 3 rings (SSSR count). The molecule has 2 heterocycles. The summed E-state index contributed by atoms with van der Waals surface area (Å²) in [6, 6.07) is 6.55. The number of aromatic hydroxyl groups is 1. The zero-order chi connectivity index (χ0) is 20.3. The molecule has 0 saturated carbocycles. The normalized spacial score (nSPS) is 10.7. The second-order valence-corrected chi connectivity index (χ2v) is 7.15. The van der Waals surface area contributed by atoms with Crippen molar-refractivity contribution in [2.45, 2.75) is 26.8 Å². The molecule has 0 aliphatic carbocycles. The Kier molecular flexibility index (Phi) is 5.79. The second kappa shape index (κ2) is 8.26. The van der Waals surface area contributed by atoms with Gasteiger partial charge in [-0.1, -0.05) is 0 Å². The fourth-order valence-electron chi connectivity index (χ4n) is 2.61. The average molecular weight is 400 g/mol. The molecule has 0 aliphatic heterocycles. The number of carbonyl (C=O) groups is 2. The van der Waals surface area contributed by atoms with Crippen molar-refractivity contribution in [2.24, 2.45) is 0 Å². The van der Waals surface area contributed by atoms with Crippen LogP contribution in [0.4, 0.5) is 0 Å². The number of thiophene rings is 1. The summed E-state index contributed by atoms with van der Waals surface area (Å²) in [6.07, 6.45) is 0.197. The van der Waals surface area contributed by atoms with Gasteiger partial charge in [0.15, 0.2) is 17.3 Å². The van der Waals surface area contributed by atoms with Gasteiger partial charge in [0.05, 0.1) is 25.0 Å². The number of aromatic nitrogens is 1. The van der Waals surface area contributed by atoms with Crippen molar-refractivity contribution in [1.82, 2.24) is 10.3 Å². The van der Waals surface area contributed by atoms with E-state index in [0.717, 1.165) is 5.56 Å². The number of benzene rings is 1. The molecule has 1 aromatic carbocycles. The maximum absolute atomic E-state index is 12.2. The maximum Gasteiger partial charge on any atom is 0.226 e. The summed E-state index contributed by atoms with van der Waals surface area (Å²) >= 11 is 1.34. The molecule has 8 heteroatoms. The number of phenols is 1. The number of rotatable bonds is 7. The van der Waals surface area contributed by atoms with Crippen molar-refractivity contribution < 1.29 is 23.8 Å². The summed E-state index contributed by atoms with van der Waals surface area (Å²) in [7, 11) is 1.47. The van der Waals surface area contributed by atoms with Crippen LogP contribution < -0.4 is 10.1 Å². The molecule has 0 spiro atoms. The number of aryl methyl sites for hydroxylation is 1. The lowest BCUT2D eigenvalue weighted by molar-refractivity contribution is -0.120. The molecule has 3 aromatic rings. The van der Waals surface area contributed by atoms with Crippen molar-refractivity contribution in [3.05, 3.63) is 51.5 Å². The summed E-state index contributed by atoms with van der Waals surface area (Å²) in [4.78, 5) is 28.6. The molecule has 1 amide bonds. The van der Waals surface area contributed by atoms with Gasteiger partial charge in [0.1, 0.15) is 11.5 Å². The molecular formula is C20H20N2O5S. The van der Waals surface area contributed by atoms with Crippen LogP contribution in [-0.4, -0.2) is 28.9 Å². The molecule has 0 aliphatic rings. The van der Waals surface area contributed by atoms with Crippen LogP contribution in [0.5, 0.6) is 11.5 Å². The lowest BCUT2D eigenvalue weighted by atomic mass is 10.2. The van der Waals surface area contributed by atoms with Gasteiger partial charge in [0.25, 0.3) is 0 Å². The Hall–Kier alpha value is -3.13. The van der Waals surface area contributed by atoms with E-state index >= 15 is 0 Å². The van der Waals surface area contributed by atoms with Crippen LogP contribution in [0.1, 0.15) is 33.6 Å². The van der Waals surface area contributed by atoms with E-state index in [2.05, 4.69) is 10.3 Å². The van der Waals surface area contributed by atoms with E-state index in [1.807, 2.05) is 5.38 Å². The quantitative estimate of drug-likeness (QED) is 0.589. The molecule has 0 atom stereocenters. The van der Waals surface area contributed by atoms with Crippen LogP contribution in [0, 0.1) is 6.92 Å². The van der Waals surface area contributed by atoms with Crippen molar-refractivity contribution in [2.75, 3.05) is 7.11 Å². The number of hydrogen-bond acceptors (Lipinski definition) is 7. The number of Topliss-reactive ketones (excluding diaryl/α,β-unsaturated/α-hetero) is 1. The third-order valence-electron chi connectivity index (χ3n) is 4.14. The maximum atomic E-state index is 12.2. The molecule has 2 aromatic heterocycles. The van der Waals surface area contributed by atoms with Crippen molar-refractivity contribution in [3.63, 3.8) is 0 Å². The van der Waals surface area contributed by atoms with Crippen molar-refractivity contribution >= 4 is 23.0 Å². The molecule has 0 unspecified atom stereocenters. The second-order valence-electron chi connectivity index (χ2n) is 6.24. The summed E-state index contributed by atoms with van der Waals surface area (Å²) in [5.74, 6) is 1.16. The van der Waals surface area contributed by atoms with Gasteiger partial charge in [-0.3, -0.25) is 9.59 Å². The first kappa shape index (κ1) is 19.6. The first-order chi connectivity index (χ1) is 13.4. The molecular weight excluding hydrogens is 380 g/mol. The van der Waals surface area contributed by atoms with Crippen LogP contribution in [0.2, 0.25) is 0 Å². The van der Waals surface area contributed by atoms with Gasteiger partial charge in [-0.05, 0) is 49.1 Å². The molecule has 146 valence electrons. The first-order valence-electron chi connectivity index (χ1n) is 8.56. The minimum atomic E-state index is -0.164. The lowest BCUT2D eigenvalue weighted by Crippen LogP contribution is -2.24. The number of nitrogens with one attached hydrogen (secondary N) is 1. The van der Waals surface area contributed by atoms with Crippen LogP contribution in [0.25, 0.3) is 11.5 Å². The number of ether oxygens (including phenoxy) is 1. The Morgan fingerprint density at radius 3 is 2.79 bits per heavy atom. The van der Waals surface area contributed by atoms with Crippen LogP contribution >= 0.6 is 11.3 Å². The third-order valence-corrected chi connectivity index (χ3v) is 5.22. The molecule has 28 heavy (non-hydrogen) atoms. The SMILES string of the molecule is COc1cc(-c2nc(CNC(=O)Cc3csc(C(C)=O)c3)c(C)o2)ccc1O. The van der Waals surface area contributed by atoms with Gasteiger partial charge in [-0.25, -0.2) is 4.98 Å². The number of ketones is 1. The molecule has 2 N–H and O–H groups in total. The number of oxazole rings is 1. The molecule has 7 nitrogen and oxygen atoms in total. The van der Waals surface area contributed by atoms with Gasteiger partial charge in [-0.15, -0.1) is 11.3 Å². The van der Waals surface area contributed by atoms with E-state index < -0.39 is 0 Å². The highest BCUT2D eigenvalue weighted by atomic mass is 32.1. The topological polar surface area (TPSA) is 102 Å². The molecule has 0 saturated heterocycles. The van der Waals surface area contributed by atoms with Crippen LogP contribution in [-0.2, 0) is 17.8 Å². The minimum Gasteiger partial charge on any atom is -0.504 e. The van der Waals surface area contributed by atoms with E-state index in [9.17, 15) is 14.7 Å². The average Bonchev–Trinajstić information content (AvgIpc) is 3.27. The number of phenolic OH excluding ortho intramolecular Hbond substituents is 1. The third kappa shape index (κ3) is 4.40. The Morgan fingerprint density at radius 1 is 1.32 bits per heavy atom. The van der Waals surface area contributed by atoms with E-state index in [0.29, 0.717) is 33.5 Å². The summed E-state index contributed by atoms with van der Waals surface area (Å²) < 4.78 is 10.8. The zero-order valence-electron chi connectivity index (χ0n) is 15.7. The summed E-state index contributed by atoms with van der Waals surface area (Å²) in [5.41, 5.74) is 2.08. The highest BCUT2D eigenvalue weighted by molar-refractivity contribution is 7.12. The minimum absolute atomic E-state index is 0.00623. The predicted molar refractivity (Wildman–Crippen MR) is 105 cm³/mol. The number of amides is 1. The monoisotopic (exact) mass is 400 g/mol. The fourth-order valence-corrected chi connectivity index (χ4v) is 3.42.